The molecule has 152 valence electrons. The minimum Gasteiger partial charge on any atom is -0.438 e. The number of halogens is 1. The molecule has 1 aromatic carbocycles. The Hall–Kier alpha value is -3.00. The molecule has 3 aromatic rings. The number of likely N-dealkylation sites (N-methyl/N-ethyl adjacent to an activating group) is 1. The maximum Gasteiger partial charge on any atom is 0.317 e. The number of urea groups is 1. The molecule has 0 radical (unpaired) electrons. The van der Waals surface area contributed by atoms with Crippen molar-refractivity contribution in [2.24, 2.45) is 0 Å². The zero-order valence-electron chi connectivity index (χ0n) is 16.0. The number of carbonyl (C=O) groups excluding carboxylic acids is 2. The van der Waals surface area contributed by atoms with Gasteiger partial charge in [-0.25, -0.2) is 9.78 Å². The van der Waals surface area contributed by atoms with Gasteiger partial charge in [0.05, 0.1) is 18.8 Å². The molecule has 3 amide bonds. The maximum atomic E-state index is 12.6. The van der Waals surface area contributed by atoms with Crippen LogP contribution in [0.4, 0.5) is 4.79 Å². The summed E-state index contributed by atoms with van der Waals surface area (Å²) in [4.78, 5) is 35.6. The number of piperidine rings is 1. The van der Waals surface area contributed by atoms with Gasteiger partial charge >= 0.3 is 6.03 Å². The number of H-pyrrole nitrogens is 1. The Morgan fingerprint density at radius 1 is 1.41 bits per heavy atom. The molecule has 2 N–H and O–H groups in total. The number of fused-ring (bicyclic) bond motifs is 1. The smallest absolute Gasteiger partial charge is 0.317 e. The van der Waals surface area contributed by atoms with Crippen LogP contribution in [0.2, 0.25) is 5.02 Å². The van der Waals surface area contributed by atoms with Crippen LogP contribution in [0.15, 0.2) is 41.3 Å². The van der Waals surface area contributed by atoms with Gasteiger partial charge < -0.3 is 24.5 Å². The maximum absolute atomic E-state index is 12.6. The van der Waals surface area contributed by atoms with Crippen LogP contribution in [0, 0.1) is 0 Å². The van der Waals surface area contributed by atoms with Gasteiger partial charge in [-0.05, 0) is 37.1 Å². The lowest BCUT2D eigenvalue weighted by atomic mass is 10.0. The number of likely N-dealkylation sites (tertiary alicyclic amines) is 1. The molecule has 0 saturated carbocycles. The van der Waals surface area contributed by atoms with Gasteiger partial charge in [0.15, 0.2) is 6.39 Å². The third-order valence-electron chi connectivity index (χ3n) is 5.26. The van der Waals surface area contributed by atoms with Crippen LogP contribution in [-0.2, 0) is 6.54 Å². The van der Waals surface area contributed by atoms with E-state index in [4.69, 9.17) is 16.0 Å². The van der Waals surface area contributed by atoms with Gasteiger partial charge in [0, 0.05) is 41.8 Å². The van der Waals surface area contributed by atoms with E-state index < -0.39 is 0 Å². The fourth-order valence-electron chi connectivity index (χ4n) is 3.65. The van der Waals surface area contributed by atoms with Crippen LogP contribution in [0.3, 0.4) is 0 Å². The fraction of sp³-hybridized carbons (Fsp3) is 0.350. The summed E-state index contributed by atoms with van der Waals surface area (Å²) in [7, 11) is 1.76. The quantitative estimate of drug-likeness (QED) is 0.683. The van der Waals surface area contributed by atoms with Crippen molar-refractivity contribution in [2.45, 2.75) is 25.4 Å². The first kappa shape index (κ1) is 19.3. The number of oxazole rings is 1. The third kappa shape index (κ3) is 4.22. The van der Waals surface area contributed by atoms with E-state index in [2.05, 4.69) is 15.3 Å². The number of hydrogen-bond donors (Lipinski definition) is 2. The highest BCUT2D eigenvalue weighted by molar-refractivity contribution is 6.31. The number of nitrogens with zero attached hydrogens (tertiary/aromatic N) is 3. The average molecular weight is 416 g/mol. The second-order valence-electron chi connectivity index (χ2n) is 7.21. The van der Waals surface area contributed by atoms with Crippen LogP contribution in [0.25, 0.3) is 10.9 Å². The molecule has 1 fully saturated rings. The molecule has 3 heterocycles. The summed E-state index contributed by atoms with van der Waals surface area (Å²) < 4.78 is 5.10. The standard InChI is InChI=1S/C20H22ClN5O3/c1-25(16-3-2-6-26(11-16)19(27)18-10-22-12-29-18)20(28)23-9-15-8-13-7-14(21)4-5-17(13)24-15/h4-5,7-8,10,12,16,24H,2-3,6,9,11H2,1H3,(H,23,28)/t16-/m1/s1. The highest BCUT2D eigenvalue weighted by Crippen LogP contribution is 2.20. The number of aromatic amines is 1. The summed E-state index contributed by atoms with van der Waals surface area (Å²) in [5.41, 5.74) is 1.87. The van der Waals surface area contributed by atoms with E-state index in [9.17, 15) is 9.59 Å². The molecular weight excluding hydrogens is 394 g/mol. The number of hydrogen-bond acceptors (Lipinski definition) is 4. The molecule has 0 spiro atoms. The first-order chi connectivity index (χ1) is 14.0. The second kappa shape index (κ2) is 8.16. The van der Waals surface area contributed by atoms with Gasteiger partial charge in [-0.2, -0.15) is 0 Å². The summed E-state index contributed by atoms with van der Waals surface area (Å²) in [6, 6.07) is 7.35. The van der Waals surface area contributed by atoms with Crippen molar-refractivity contribution in [3.63, 3.8) is 0 Å². The normalized spacial score (nSPS) is 16.8. The summed E-state index contributed by atoms with van der Waals surface area (Å²) in [6.07, 6.45) is 4.32. The minimum absolute atomic E-state index is 0.0582. The van der Waals surface area contributed by atoms with Gasteiger partial charge in [0.25, 0.3) is 5.91 Å². The molecule has 1 atom stereocenters. The van der Waals surface area contributed by atoms with E-state index in [-0.39, 0.29) is 23.7 Å². The monoisotopic (exact) mass is 415 g/mol. The number of aromatic nitrogens is 2. The number of carbonyl (C=O) groups is 2. The first-order valence-corrected chi connectivity index (χ1v) is 9.84. The van der Waals surface area contributed by atoms with E-state index >= 15 is 0 Å². The van der Waals surface area contributed by atoms with Crippen molar-refractivity contribution in [1.82, 2.24) is 25.1 Å². The van der Waals surface area contributed by atoms with Crippen molar-refractivity contribution < 1.29 is 14.0 Å². The molecule has 0 aliphatic carbocycles. The van der Waals surface area contributed by atoms with Crippen molar-refractivity contribution >= 4 is 34.4 Å². The number of nitrogens with one attached hydrogen (secondary N) is 2. The third-order valence-corrected chi connectivity index (χ3v) is 5.50. The Balaban J connectivity index is 1.34. The topological polar surface area (TPSA) is 94.5 Å². The zero-order chi connectivity index (χ0) is 20.4. The Morgan fingerprint density at radius 3 is 3.07 bits per heavy atom. The Morgan fingerprint density at radius 2 is 2.28 bits per heavy atom. The van der Waals surface area contributed by atoms with E-state index in [1.54, 1.807) is 16.8 Å². The SMILES string of the molecule is CN(C(=O)NCc1cc2cc(Cl)ccc2[nH]1)[C@@H]1CCCN(C(=O)c2cnco2)C1. The predicted molar refractivity (Wildman–Crippen MR) is 109 cm³/mol. The summed E-state index contributed by atoms with van der Waals surface area (Å²) in [5.74, 6) is 0.0226. The highest BCUT2D eigenvalue weighted by atomic mass is 35.5. The molecule has 1 saturated heterocycles. The van der Waals surface area contributed by atoms with E-state index in [1.807, 2.05) is 24.3 Å². The molecule has 4 rings (SSSR count). The summed E-state index contributed by atoms with van der Waals surface area (Å²) in [6.45, 7) is 1.49. The molecule has 1 aliphatic heterocycles. The van der Waals surface area contributed by atoms with Gasteiger partial charge in [-0.3, -0.25) is 4.79 Å². The number of amides is 3. The average Bonchev–Trinajstić information content (AvgIpc) is 3.40. The highest BCUT2D eigenvalue weighted by Gasteiger charge is 2.30. The Kier molecular flexibility index (Phi) is 5.44. The van der Waals surface area contributed by atoms with E-state index in [1.165, 1.54) is 12.6 Å². The molecule has 29 heavy (non-hydrogen) atoms. The molecular formula is C20H22ClN5O3. The van der Waals surface area contributed by atoms with Crippen LogP contribution >= 0.6 is 11.6 Å². The zero-order valence-corrected chi connectivity index (χ0v) is 16.8. The molecule has 8 nitrogen and oxygen atoms in total. The number of benzene rings is 1. The molecule has 0 unspecified atom stereocenters. The minimum atomic E-state index is -0.197. The first-order valence-electron chi connectivity index (χ1n) is 9.47. The Bertz CT molecular complexity index is 1020. The van der Waals surface area contributed by atoms with Gasteiger partial charge in [0.2, 0.25) is 5.76 Å². The van der Waals surface area contributed by atoms with Crippen LogP contribution in [0.5, 0.6) is 0 Å². The van der Waals surface area contributed by atoms with Gasteiger partial charge in [0.1, 0.15) is 0 Å². The van der Waals surface area contributed by atoms with Crippen LogP contribution in [0.1, 0.15) is 29.1 Å². The van der Waals surface area contributed by atoms with Crippen molar-refractivity contribution in [3.05, 3.63) is 53.3 Å². The molecule has 1 aliphatic rings. The van der Waals surface area contributed by atoms with Crippen LogP contribution < -0.4 is 5.32 Å². The Labute approximate surface area is 172 Å². The van der Waals surface area contributed by atoms with Crippen LogP contribution in [-0.4, -0.2) is 57.9 Å². The largest absolute Gasteiger partial charge is 0.438 e. The number of rotatable bonds is 4. The summed E-state index contributed by atoms with van der Waals surface area (Å²) in [5, 5.41) is 4.61. The lowest BCUT2D eigenvalue weighted by Crippen LogP contribution is -2.52. The van der Waals surface area contributed by atoms with E-state index in [0.29, 0.717) is 24.7 Å². The molecule has 0 bridgehead atoms. The second-order valence-corrected chi connectivity index (χ2v) is 7.65. The summed E-state index contributed by atoms with van der Waals surface area (Å²) >= 11 is 6.02. The molecule has 9 heteroatoms. The molecule has 2 aromatic heterocycles. The predicted octanol–water partition coefficient (Wildman–Crippen LogP) is 3.26. The lowest BCUT2D eigenvalue weighted by molar-refractivity contribution is 0.0606. The van der Waals surface area contributed by atoms with Crippen molar-refractivity contribution in [1.29, 1.82) is 0 Å². The van der Waals surface area contributed by atoms with Gasteiger partial charge in [-0.1, -0.05) is 11.6 Å². The van der Waals surface area contributed by atoms with Gasteiger partial charge in [-0.15, -0.1) is 0 Å². The fourth-order valence-corrected chi connectivity index (χ4v) is 3.83. The van der Waals surface area contributed by atoms with Crippen molar-refractivity contribution in [3.8, 4) is 0 Å². The van der Waals surface area contributed by atoms with Crippen molar-refractivity contribution in [2.75, 3.05) is 20.1 Å². The van der Waals surface area contributed by atoms with E-state index in [0.717, 1.165) is 29.4 Å². The lowest BCUT2D eigenvalue weighted by Gasteiger charge is -2.37.